The third kappa shape index (κ3) is 18.1. The molecule has 92 heavy (non-hydrogen) atoms. The molecule has 2 aromatic heterocycles. The number of fused-ring (bicyclic) bond motifs is 2. The van der Waals surface area contributed by atoms with Crippen LogP contribution in [0.1, 0.15) is 157 Å². The fourth-order valence-electron chi connectivity index (χ4n) is 11.4. The fourth-order valence-corrected chi connectivity index (χ4v) is 13.7. The highest BCUT2D eigenvalue weighted by molar-refractivity contribution is 7.89. The number of carbonyl (C=O) groups excluding carboxylic acids is 2. The van der Waals surface area contributed by atoms with Crippen molar-refractivity contribution >= 4 is 65.2 Å². The summed E-state index contributed by atoms with van der Waals surface area (Å²) >= 11 is 0. The number of quaternary nitrogens is 1. The molecule has 0 unspecified atom stereocenters. The molecule has 0 bridgehead atoms. The van der Waals surface area contributed by atoms with E-state index in [1.807, 2.05) is 88.9 Å². The zero-order valence-electron chi connectivity index (χ0n) is 55.6. The molecule has 2 heterocycles. The summed E-state index contributed by atoms with van der Waals surface area (Å²) in [5.74, 6) is -2.17. The first-order valence-electron chi connectivity index (χ1n) is 31.4. The molecular formula is C71H91N7O12S2. The third-order valence-electron chi connectivity index (χ3n) is 16.9. The van der Waals surface area contributed by atoms with E-state index >= 15 is 0 Å². The Morgan fingerprint density at radius 1 is 0.543 bits per heavy atom. The normalized spacial score (nSPS) is 12.6. The standard InChI is InChI=1S/C30H33N3O6S.C29H31N3O6S.C12H27N/c1-18-13-19(2)15-21(14-18)28-27(25-16-22(7-12-26(25)32-28)30(4,5)29(34)39-6)20(3)17-31-40(37,38)24-10-8-23(9-11-24)33(35)36;1-17-12-18(2)14-20(13-17)27-26(24-15-21(6-11-25(24)31-27)29(4,5)28(33)34)19(3)16-30-39(37,38)23-9-7-22(8-10-23)32(35)36;1-4-7-10-13(11-8-5-2)12-9-6-3/h7-16,20,31-32H,17H2,1-6H3;6-15,19,30-31H,16H2,1-5H3,(H,33,34);4-12H2,1-3H3/t20-;19-;/m11./s1. The van der Waals surface area contributed by atoms with Crippen LogP contribution in [0.3, 0.4) is 0 Å². The highest BCUT2D eigenvalue weighted by Gasteiger charge is 2.33. The topological polar surface area (TPSA) is 281 Å². The van der Waals surface area contributed by atoms with Gasteiger partial charge in [-0.2, -0.15) is 0 Å². The van der Waals surface area contributed by atoms with E-state index in [1.165, 1.54) is 102 Å². The summed E-state index contributed by atoms with van der Waals surface area (Å²) in [6.07, 6.45) is 8.26. The number of unbranched alkanes of at least 4 members (excludes halogenated alkanes) is 3. The lowest BCUT2D eigenvalue weighted by Crippen LogP contribution is -3.12. The van der Waals surface area contributed by atoms with Crippen molar-refractivity contribution in [1.82, 2.24) is 19.4 Å². The lowest BCUT2D eigenvalue weighted by molar-refractivity contribution is -0.900. The van der Waals surface area contributed by atoms with Crippen LogP contribution in [-0.4, -0.2) is 88.4 Å². The van der Waals surface area contributed by atoms with Gasteiger partial charge in [0.1, 0.15) is 0 Å². The van der Waals surface area contributed by atoms with Crippen molar-refractivity contribution in [3.05, 3.63) is 186 Å². The smallest absolute Gasteiger partial charge is 0.315 e. The summed E-state index contributed by atoms with van der Waals surface area (Å²) in [6.45, 7) is 29.8. The first-order chi connectivity index (χ1) is 43.3. The second kappa shape index (κ2) is 31.5. The van der Waals surface area contributed by atoms with Gasteiger partial charge >= 0.3 is 5.97 Å². The summed E-state index contributed by atoms with van der Waals surface area (Å²) in [6, 6.07) is 33.1. The van der Waals surface area contributed by atoms with E-state index in [0.717, 1.165) is 95.4 Å². The number of non-ortho nitro benzene ring substituents is 2. The molecule has 0 aliphatic carbocycles. The van der Waals surface area contributed by atoms with E-state index in [-0.39, 0.29) is 52.1 Å². The average Bonchev–Trinajstić information content (AvgIpc) is 1.60. The molecule has 8 rings (SSSR count). The number of methoxy groups -OCH3 is 1. The van der Waals surface area contributed by atoms with Crippen molar-refractivity contribution < 1.29 is 51.0 Å². The van der Waals surface area contributed by atoms with Gasteiger partial charge in [0, 0.05) is 64.6 Å². The van der Waals surface area contributed by atoms with E-state index in [1.54, 1.807) is 33.8 Å². The van der Waals surface area contributed by atoms with Crippen LogP contribution in [0.4, 0.5) is 11.4 Å². The quantitative estimate of drug-likeness (QED) is 0.0183. The van der Waals surface area contributed by atoms with Crippen LogP contribution in [0.2, 0.25) is 0 Å². The maximum absolute atomic E-state index is 13.0. The number of aryl methyl sites for hydroxylation is 4. The Bertz CT molecular complexity index is 4080. The molecular weight excluding hydrogens is 1210 g/mol. The highest BCUT2D eigenvalue weighted by Crippen LogP contribution is 2.41. The summed E-state index contributed by atoms with van der Waals surface area (Å²) in [5, 5.41) is 35.4. The predicted molar refractivity (Wildman–Crippen MR) is 363 cm³/mol. The molecule has 19 nitrogen and oxygen atoms in total. The van der Waals surface area contributed by atoms with Gasteiger partial charge in [0.15, 0.2) is 0 Å². The van der Waals surface area contributed by atoms with Crippen molar-refractivity contribution in [3.63, 3.8) is 0 Å². The number of H-pyrrole nitrogens is 2. The second-order valence-electron chi connectivity index (χ2n) is 25.2. The highest BCUT2D eigenvalue weighted by atomic mass is 32.2. The number of hydrogen-bond donors (Lipinski definition) is 5. The first kappa shape index (κ1) is 73.0. The lowest BCUT2D eigenvalue weighted by atomic mass is 9.83. The van der Waals surface area contributed by atoms with Crippen molar-refractivity contribution in [2.24, 2.45) is 0 Å². The number of nitro benzene ring substituents is 2. The van der Waals surface area contributed by atoms with Gasteiger partial charge < -0.3 is 29.5 Å². The number of rotatable bonds is 27. The number of carboxylic acids is 1. The van der Waals surface area contributed by atoms with Crippen LogP contribution in [0.25, 0.3) is 44.3 Å². The van der Waals surface area contributed by atoms with Crippen LogP contribution >= 0.6 is 0 Å². The maximum atomic E-state index is 13.0. The molecule has 5 N–H and O–H groups in total. The first-order valence-corrected chi connectivity index (χ1v) is 34.4. The minimum absolute atomic E-state index is 0.0399. The van der Waals surface area contributed by atoms with Crippen molar-refractivity contribution in [3.8, 4) is 22.5 Å². The molecule has 0 fully saturated rings. The van der Waals surface area contributed by atoms with Gasteiger partial charge in [-0.05, 0) is 179 Å². The molecule has 6 aromatic carbocycles. The van der Waals surface area contributed by atoms with E-state index in [0.29, 0.717) is 5.56 Å². The maximum Gasteiger partial charge on any atom is 0.315 e. The predicted octanol–water partition coefficient (Wildman–Crippen LogP) is 12.6. The monoisotopic (exact) mass is 1300 g/mol. The molecule has 21 heteroatoms. The van der Waals surface area contributed by atoms with Crippen molar-refractivity contribution in [2.75, 3.05) is 39.8 Å². The summed E-state index contributed by atoms with van der Waals surface area (Å²) < 4.78 is 62.4. The third-order valence-corrected chi connectivity index (χ3v) is 19.7. The number of aromatic nitrogens is 2. The summed E-state index contributed by atoms with van der Waals surface area (Å²) in [5.41, 5.74) is 10.2. The van der Waals surface area contributed by atoms with Gasteiger partial charge in [-0.25, -0.2) is 26.3 Å². The Morgan fingerprint density at radius 2 is 0.880 bits per heavy atom. The van der Waals surface area contributed by atoms with Gasteiger partial charge in [0.05, 0.1) is 69.2 Å². The van der Waals surface area contributed by atoms with E-state index in [9.17, 15) is 51.8 Å². The number of ether oxygens (including phenoxy) is 1. The molecule has 2 atom stereocenters. The summed E-state index contributed by atoms with van der Waals surface area (Å²) in [4.78, 5) is 53.8. The van der Waals surface area contributed by atoms with Gasteiger partial charge in [-0.1, -0.05) is 114 Å². The van der Waals surface area contributed by atoms with Crippen molar-refractivity contribution in [2.45, 2.75) is 161 Å². The Morgan fingerprint density at radius 3 is 1.18 bits per heavy atom. The average molecular weight is 1300 g/mol. The van der Waals surface area contributed by atoms with Gasteiger partial charge in [-0.15, -0.1) is 0 Å². The minimum atomic E-state index is -3.94. The second-order valence-corrected chi connectivity index (χ2v) is 28.7. The minimum Gasteiger partial charge on any atom is -0.549 e. The molecule has 0 spiro atoms. The molecule has 8 aromatic rings. The number of nitro groups is 2. The molecule has 0 saturated heterocycles. The van der Waals surface area contributed by atoms with Crippen molar-refractivity contribution in [1.29, 1.82) is 0 Å². The Hall–Kier alpha value is -8.08. The fraction of sp³-hybridized carbons (Fsp3) is 0.408. The Balaban J connectivity index is 0.000000245. The van der Waals surface area contributed by atoms with Crippen LogP contribution in [0.5, 0.6) is 0 Å². The molecule has 494 valence electrons. The van der Waals surface area contributed by atoms with Gasteiger partial charge in [0.2, 0.25) is 20.0 Å². The number of nitrogens with one attached hydrogen (secondary N) is 5. The lowest BCUT2D eigenvalue weighted by Gasteiger charge is -2.26. The number of carbonyl (C=O) groups is 2. The summed E-state index contributed by atoms with van der Waals surface area (Å²) in [7, 11) is -6.50. The van der Waals surface area contributed by atoms with Crippen LogP contribution in [-0.2, 0) is 45.2 Å². The van der Waals surface area contributed by atoms with Gasteiger partial charge in [0.25, 0.3) is 11.4 Å². The van der Waals surface area contributed by atoms with Crippen LogP contribution < -0.4 is 19.5 Å². The number of aromatic amines is 2. The Kier molecular flexibility index (Phi) is 25.0. The number of nitrogens with zero attached hydrogens (tertiary/aromatic N) is 2. The number of esters is 1. The Labute approximate surface area is 542 Å². The van der Waals surface area contributed by atoms with E-state index < -0.39 is 46.7 Å². The number of sulfonamides is 2. The zero-order valence-corrected chi connectivity index (χ0v) is 57.2. The number of hydrogen-bond acceptors (Lipinski definition) is 12. The zero-order chi connectivity index (χ0) is 68.0. The van der Waals surface area contributed by atoms with Crippen LogP contribution in [0, 0.1) is 47.9 Å². The molecule has 0 aliphatic rings. The molecule has 0 saturated carbocycles. The number of benzene rings is 6. The SMILES string of the molecule is CCCC[NH+](CCCC)CCCC.COC(=O)C(C)(C)c1ccc2[nH]c(-c3cc(C)cc(C)c3)c([C@H](C)CNS(=O)(=O)c3ccc([N+](=O)[O-])cc3)c2c1.Cc1cc(C)cc(-c2[nH]c3ccc(C(C)(C)C(=O)[O-])cc3c2[C@H](C)CNS(=O)(=O)c2ccc([N+](=O)[O-])cc2)c1. The largest absolute Gasteiger partial charge is 0.549 e. The molecule has 0 radical (unpaired) electrons. The molecule has 0 aliphatic heterocycles. The number of carboxylic acid groups (broad SMARTS) is 1. The van der Waals surface area contributed by atoms with E-state index in [4.69, 9.17) is 4.74 Å². The van der Waals surface area contributed by atoms with E-state index in [2.05, 4.69) is 64.4 Å². The molecule has 0 amide bonds. The van der Waals surface area contributed by atoms with Crippen LogP contribution in [0.15, 0.2) is 131 Å². The number of aliphatic carboxylic acids is 1. The van der Waals surface area contributed by atoms with Gasteiger partial charge in [-0.3, -0.25) is 25.0 Å².